The monoisotopic (exact) mass is 338 g/mol. The van der Waals surface area contributed by atoms with Crippen LogP contribution in [0.2, 0.25) is 0 Å². The van der Waals surface area contributed by atoms with Gasteiger partial charge in [-0.05, 0) is 25.5 Å². The Morgan fingerprint density at radius 3 is 3.00 bits per heavy atom. The van der Waals surface area contributed by atoms with Crippen molar-refractivity contribution in [2.45, 2.75) is 33.2 Å². The average Bonchev–Trinajstić information content (AvgIpc) is 3.32. The third kappa shape index (κ3) is 2.65. The molecule has 0 saturated heterocycles. The van der Waals surface area contributed by atoms with E-state index in [0.717, 1.165) is 18.5 Å². The van der Waals surface area contributed by atoms with Crippen molar-refractivity contribution in [3.05, 3.63) is 46.7 Å². The Labute approximate surface area is 143 Å². The van der Waals surface area contributed by atoms with E-state index < -0.39 is 0 Å². The second kappa shape index (κ2) is 6.04. The minimum Gasteiger partial charge on any atom is -0.461 e. The van der Waals surface area contributed by atoms with Crippen molar-refractivity contribution >= 4 is 5.65 Å². The number of aryl methyl sites for hydroxylation is 2. The molecule has 0 unspecified atom stereocenters. The van der Waals surface area contributed by atoms with E-state index in [1.807, 2.05) is 13.0 Å². The number of furan rings is 1. The molecular formula is C17H18N6O2. The van der Waals surface area contributed by atoms with E-state index >= 15 is 0 Å². The molecule has 0 aliphatic rings. The van der Waals surface area contributed by atoms with Gasteiger partial charge in [0.1, 0.15) is 5.56 Å². The lowest BCUT2D eigenvalue weighted by Gasteiger charge is -2.04. The number of aromatic nitrogens is 6. The van der Waals surface area contributed by atoms with Gasteiger partial charge in [0.25, 0.3) is 5.56 Å². The van der Waals surface area contributed by atoms with Crippen molar-refractivity contribution < 1.29 is 4.42 Å². The van der Waals surface area contributed by atoms with Crippen molar-refractivity contribution in [3.63, 3.8) is 0 Å². The van der Waals surface area contributed by atoms with Gasteiger partial charge in [-0.15, -0.1) is 5.10 Å². The second-order valence-electron chi connectivity index (χ2n) is 5.92. The molecule has 25 heavy (non-hydrogen) atoms. The fourth-order valence-corrected chi connectivity index (χ4v) is 2.75. The zero-order chi connectivity index (χ0) is 17.4. The van der Waals surface area contributed by atoms with Gasteiger partial charge in [0.2, 0.25) is 5.82 Å². The van der Waals surface area contributed by atoms with Crippen LogP contribution >= 0.6 is 0 Å². The maximum absolute atomic E-state index is 12.9. The maximum atomic E-state index is 12.9. The lowest BCUT2D eigenvalue weighted by molar-refractivity contribution is 0.561. The number of aromatic amines is 1. The first-order valence-electron chi connectivity index (χ1n) is 8.24. The average molecular weight is 338 g/mol. The fraction of sp³-hybridized carbons (Fsp3) is 0.294. The molecule has 0 saturated carbocycles. The first kappa shape index (κ1) is 15.4. The highest BCUT2D eigenvalue weighted by molar-refractivity contribution is 5.59. The molecule has 0 aliphatic heterocycles. The first-order valence-corrected chi connectivity index (χ1v) is 8.24. The maximum Gasteiger partial charge on any atom is 0.283 e. The largest absolute Gasteiger partial charge is 0.461 e. The zero-order valence-electron chi connectivity index (χ0n) is 14.1. The fourth-order valence-electron chi connectivity index (χ4n) is 2.75. The molecule has 0 amide bonds. The molecular weight excluding hydrogens is 320 g/mol. The number of unbranched alkanes of at least 4 members (excludes halogenated alkanes) is 1. The van der Waals surface area contributed by atoms with Crippen LogP contribution in [-0.2, 0) is 6.54 Å². The van der Waals surface area contributed by atoms with Gasteiger partial charge in [-0.3, -0.25) is 9.89 Å². The Morgan fingerprint density at radius 2 is 2.24 bits per heavy atom. The number of nitrogens with one attached hydrogen (secondary N) is 1. The van der Waals surface area contributed by atoms with Crippen molar-refractivity contribution in [3.8, 4) is 23.0 Å². The number of fused-ring (bicyclic) bond motifs is 1. The van der Waals surface area contributed by atoms with Gasteiger partial charge in [-0.1, -0.05) is 13.3 Å². The summed E-state index contributed by atoms with van der Waals surface area (Å²) in [4.78, 5) is 21.8. The van der Waals surface area contributed by atoms with Gasteiger partial charge in [-0.2, -0.15) is 0 Å². The molecule has 0 atom stereocenters. The number of hydrogen-bond donors (Lipinski definition) is 1. The summed E-state index contributed by atoms with van der Waals surface area (Å²) < 4.78 is 8.57. The highest BCUT2D eigenvalue weighted by Crippen LogP contribution is 2.21. The third-order valence-corrected chi connectivity index (χ3v) is 4.00. The molecule has 8 nitrogen and oxygen atoms in total. The molecule has 4 aromatic heterocycles. The van der Waals surface area contributed by atoms with Crippen LogP contribution in [0.5, 0.6) is 0 Å². The summed E-state index contributed by atoms with van der Waals surface area (Å²) in [6, 6.07) is 5.40. The van der Waals surface area contributed by atoms with E-state index in [4.69, 9.17) is 4.42 Å². The predicted octanol–water partition coefficient (Wildman–Crippen LogP) is 2.65. The van der Waals surface area contributed by atoms with E-state index in [2.05, 4.69) is 27.1 Å². The van der Waals surface area contributed by atoms with Crippen LogP contribution in [-0.4, -0.2) is 29.4 Å². The molecule has 128 valence electrons. The van der Waals surface area contributed by atoms with E-state index in [-0.39, 0.29) is 5.56 Å². The van der Waals surface area contributed by atoms with Crippen molar-refractivity contribution in [1.82, 2.24) is 29.4 Å². The summed E-state index contributed by atoms with van der Waals surface area (Å²) in [7, 11) is 0. The number of nitrogens with zero attached hydrogens (tertiary/aromatic N) is 5. The predicted molar refractivity (Wildman–Crippen MR) is 92.2 cm³/mol. The number of rotatable bonds is 5. The van der Waals surface area contributed by atoms with E-state index in [1.165, 1.54) is 4.52 Å². The molecule has 4 aromatic rings. The second-order valence-corrected chi connectivity index (χ2v) is 5.92. The lowest BCUT2D eigenvalue weighted by Crippen LogP contribution is -2.19. The Balaban J connectivity index is 1.88. The molecule has 0 fully saturated rings. The van der Waals surface area contributed by atoms with Gasteiger partial charge >= 0.3 is 0 Å². The van der Waals surface area contributed by atoms with Crippen LogP contribution < -0.4 is 5.56 Å². The Bertz CT molecular complexity index is 1070. The van der Waals surface area contributed by atoms with Crippen LogP contribution in [0.25, 0.3) is 28.6 Å². The zero-order valence-corrected chi connectivity index (χ0v) is 14.1. The van der Waals surface area contributed by atoms with Gasteiger partial charge in [0.15, 0.2) is 17.2 Å². The van der Waals surface area contributed by atoms with Gasteiger partial charge in [0.05, 0.1) is 6.26 Å². The van der Waals surface area contributed by atoms with Crippen molar-refractivity contribution in [2.75, 3.05) is 0 Å². The molecule has 0 aliphatic carbocycles. The van der Waals surface area contributed by atoms with E-state index in [9.17, 15) is 4.79 Å². The Morgan fingerprint density at radius 1 is 1.36 bits per heavy atom. The summed E-state index contributed by atoms with van der Waals surface area (Å²) in [5.74, 6) is 1.53. The lowest BCUT2D eigenvalue weighted by atomic mass is 10.3. The standard InChI is InChI=1S/C17H18N6O2/c1-3-4-7-22-16(19-15(21-22)13-6-5-8-25-13)12-10-18-14-9-11(2)20-23(14)17(12)24/h5-6,8-10,20H,3-4,7H2,1-2H3. The SMILES string of the molecule is CCCCn1nc(-c2ccco2)nc1-c1cnc2cc(C)[nH]n2c1=O. The Kier molecular flexibility index (Phi) is 3.72. The minimum absolute atomic E-state index is 0.200. The molecule has 4 rings (SSSR count). The summed E-state index contributed by atoms with van der Waals surface area (Å²) in [5.41, 5.74) is 1.65. The third-order valence-electron chi connectivity index (χ3n) is 4.00. The molecule has 0 aromatic carbocycles. The molecule has 0 bridgehead atoms. The number of H-pyrrole nitrogens is 1. The topological polar surface area (TPSA) is 94.0 Å². The van der Waals surface area contributed by atoms with Crippen molar-refractivity contribution in [1.29, 1.82) is 0 Å². The van der Waals surface area contributed by atoms with Gasteiger partial charge in [0, 0.05) is 24.5 Å². The van der Waals surface area contributed by atoms with Gasteiger partial charge < -0.3 is 4.42 Å². The van der Waals surface area contributed by atoms with E-state index in [0.29, 0.717) is 35.2 Å². The normalized spacial score (nSPS) is 11.4. The van der Waals surface area contributed by atoms with Crippen LogP contribution in [0.1, 0.15) is 25.5 Å². The quantitative estimate of drug-likeness (QED) is 0.604. The van der Waals surface area contributed by atoms with Crippen LogP contribution in [0.3, 0.4) is 0 Å². The van der Waals surface area contributed by atoms with Crippen LogP contribution in [0.4, 0.5) is 0 Å². The smallest absolute Gasteiger partial charge is 0.283 e. The number of hydrogen-bond acceptors (Lipinski definition) is 5. The highest BCUT2D eigenvalue weighted by atomic mass is 16.3. The molecule has 0 radical (unpaired) electrons. The van der Waals surface area contributed by atoms with Gasteiger partial charge in [-0.25, -0.2) is 19.2 Å². The molecule has 0 spiro atoms. The molecule has 1 N–H and O–H groups in total. The minimum atomic E-state index is -0.200. The summed E-state index contributed by atoms with van der Waals surface area (Å²) in [5, 5.41) is 7.52. The summed E-state index contributed by atoms with van der Waals surface area (Å²) in [6.07, 6.45) is 5.09. The highest BCUT2D eigenvalue weighted by Gasteiger charge is 2.19. The van der Waals surface area contributed by atoms with Crippen LogP contribution in [0.15, 0.2) is 39.9 Å². The summed E-state index contributed by atoms with van der Waals surface area (Å²) in [6.45, 7) is 4.66. The van der Waals surface area contributed by atoms with Crippen LogP contribution in [0, 0.1) is 6.92 Å². The van der Waals surface area contributed by atoms with Crippen molar-refractivity contribution in [2.24, 2.45) is 0 Å². The first-order chi connectivity index (χ1) is 12.2. The van der Waals surface area contributed by atoms with E-state index in [1.54, 1.807) is 29.3 Å². The molecule has 4 heterocycles. The summed E-state index contributed by atoms with van der Waals surface area (Å²) >= 11 is 0. The molecule has 8 heteroatoms. The Hall–Kier alpha value is -3.16.